The molecule has 1 aliphatic carbocycles. The van der Waals surface area contributed by atoms with Gasteiger partial charge in [-0.3, -0.25) is 9.78 Å². The highest BCUT2D eigenvalue weighted by Gasteiger charge is 2.27. The number of anilines is 2. The first-order valence-corrected chi connectivity index (χ1v) is 9.11. The molecule has 2 heterocycles. The summed E-state index contributed by atoms with van der Waals surface area (Å²) < 4.78 is 5.47. The zero-order chi connectivity index (χ0) is 17.1. The summed E-state index contributed by atoms with van der Waals surface area (Å²) in [6.07, 6.45) is 4.74. The molecule has 126 valence electrons. The van der Waals surface area contributed by atoms with Crippen molar-refractivity contribution >= 4 is 28.1 Å². The van der Waals surface area contributed by atoms with Gasteiger partial charge in [-0.2, -0.15) is 0 Å². The van der Waals surface area contributed by atoms with Crippen LogP contribution in [-0.2, 0) is 4.79 Å². The van der Waals surface area contributed by atoms with E-state index in [1.54, 1.807) is 12.3 Å². The van der Waals surface area contributed by atoms with Gasteiger partial charge in [-0.1, -0.05) is 18.6 Å². The highest BCUT2D eigenvalue weighted by molar-refractivity contribution is 7.14. The third-order valence-corrected chi connectivity index (χ3v) is 4.93. The molecule has 0 unspecified atom stereocenters. The van der Waals surface area contributed by atoms with Crippen LogP contribution in [0.3, 0.4) is 0 Å². The molecule has 0 atom stereocenters. The van der Waals surface area contributed by atoms with Crippen molar-refractivity contribution in [1.29, 1.82) is 0 Å². The van der Waals surface area contributed by atoms with E-state index in [2.05, 4.69) is 15.3 Å². The number of ether oxygens (including phenoxy) is 1. The van der Waals surface area contributed by atoms with Crippen LogP contribution in [-0.4, -0.2) is 15.9 Å². The molecule has 5 nitrogen and oxygen atoms in total. The smallest absolute Gasteiger partial charge is 0.314 e. The molecular weight excluding hydrogens is 334 g/mol. The lowest BCUT2D eigenvalue weighted by molar-refractivity contribution is -0.141. The van der Waals surface area contributed by atoms with Crippen LogP contribution < -0.4 is 10.1 Å². The number of thiazole rings is 1. The SMILES string of the molecule is O=C(Oc1cccc(Nc2nc(-c3ccccn3)cs2)c1)C1CCC1. The summed E-state index contributed by atoms with van der Waals surface area (Å²) in [5, 5.41) is 5.98. The molecule has 6 heteroatoms. The summed E-state index contributed by atoms with van der Waals surface area (Å²) in [7, 11) is 0. The predicted molar refractivity (Wildman–Crippen MR) is 98.0 cm³/mol. The highest BCUT2D eigenvalue weighted by atomic mass is 32.1. The van der Waals surface area contributed by atoms with Gasteiger partial charge in [0.1, 0.15) is 11.4 Å². The quantitative estimate of drug-likeness (QED) is 0.535. The van der Waals surface area contributed by atoms with E-state index in [1.807, 2.05) is 41.8 Å². The van der Waals surface area contributed by atoms with Crippen molar-refractivity contribution < 1.29 is 9.53 Å². The van der Waals surface area contributed by atoms with E-state index < -0.39 is 0 Å². The Balaban J connectivity index is 1.45. The number of nitrogens with one attached hydrogen (secondary N) is 1. The van der Waals surface area contributed by atoms with Crippen molar-refractivity contribution in [2.75, 3.05) is 5.32 Å². The van der Waals surface area contributed by atoms with E-state index in [4.69, 9.17) is 4.74 Å². The Morgan fingerprint density at radius 2 is 2.08 bits per heavy atom. The molecule has 0 saturated heterocycles. The standard InChI is InChI=1S/C19H17N3O2S/c23-18(13-5-3-6-13)24-15-8-4-7-14(11-15)21-19-22-17(12-25-19)16-9-1-2-10-20-16/h1-2,4,7-13H,3,5-6H2,(H,21,22). The number of nitrogens with zero attached hydrogens (tertiary/aromatic N) is 2. The predicted octanol–water partition coefficient (Wildman–Crippen LogP) is 4.65. The number of carbonyl (C=O) groups is 1. The van der Waals surface area contributed by atoms with E-state index in [9.17, 15) is 4.79 Å². The van der Waals surface area contributed by atoms with Gasteiger partial charge in [-0.05, 0) is 37.1 Å². The fraction of sp³-hybridized carbons (Fsp3) is 0.211. The molecular formula is C19H17N3O2S. The Morgan fingerprint density at radius 1 is 1.16 bits per heavy atom. The molecule has 0 aliphatic heterocycles. The number of benzene rings is 1. The summed E-state index contributed by atoms with van der Waals surface area (Å²) >= 11 is 1.51. The first kappa shape index (κ1) is 15.8. The third kappa shape index (κ3) is 3.69. The van der Waals surface area contributed by atoms with Crippen molar-refractivity contribution in [2.24, 2.45) is 5.92 Å². The molecule has 1 saturated carbocycles. The van der Waals surface area contributed by atoms with Gasteiger partial charge in [-0.15, -0.1) is 11.3 Å². The van der Waals surface area contributed by atoms with Gasteiger partial charge in [0.15, 0.2) is 5.13 Å². The Morgan fingerprint density at radius 3 is 2.84 bits per heavy atom. The molecule has 4 rings (SSSR count). The molecule has 1 fully saturated rings. The van der Waals surface area contributed by atoms with Gasteiger partial charge in [0.05, 0.1) is 11.6 Å². The minimum atomic E-state index is -0.130. The maximum atomic E-state index is 12.0. The first-order chi connectivity index (χ1) is 12.3. The topological polar surface area (TPSA) is 64.1 Å². The lowest BCUT2D eigenvalue weighted by Gasteiger charge is -2.22. The van der Waals surface area contributed by atoms with Crippen molar-refractivity contribution in [2.45, 2.75) is 19.3 Å². The van der Waals surface area contributed by atoms with Crippen LogP contribution in [0.4, 0.5) is 10.8 Å². The molecule has 1 N–H and O–H groups in total. The maximum Gasteiger partial charge on any atom is 0.314 e. The summed E-state index contributed by atoms with van der Waals surface area (Å²) in [6.45, 7) is 0. The molecule has 1 aliphatic rings. The normalized spacial score (nSPS) is 13.9. The number of hydrogen-bond donors (Lipinski definition) is 1. The van der Waals surface area contributed by atoms with Gasteiger partial charge in [-0.25, -0.2) is 4.98 Å². The number of carbonyl (C=O) groups excluding carboxylic acids is 1. The zero-order valence-corrected chi connectivity index (χ0v) is 14.3. The Bertz CT molecular complexity index is 875. The minimum absolute atomic E-state index is 0.0662. The lowest BCUT2D eigenvalue weighted by Crippen LogP contribution is -2.26. The van der Waals surface area contributed by atoms with Gasteiger partial charge in [0, 0.05) is 23.3 Å². The molecule has 0 radical (unpaired) electrons. The van der Waals surface area contributed by atoms with E-state index >= 15 is 0 Å². The van der Waals surface area contributed by atoms with E-state index in [0.29, 0.717) is 5.75 Å². The van der Waals surface area contributed by atoms with Gasteiger partial charge >= 0.3 is 5.97 Å². The van der Waals surface area contributed by atoms with Crippen molar-refractivity contribution in [3.05, 3.63) is 54.0 Å². The van der Waals surface area contributed by atoms with E-state index in [-0.39, 0.29) is 11.9 Å². The summed E-state index contributed by atoms with van der Waals surface area (Å²) in [5.41, 5.74) is 2.51. The fourth-order valence-corrected chi connectivity index (χ4v) is 3.29. The van der Waals surface area contributed by atoms with Crippen LogP contribution in [0.25, 0.3) is 11.4 Å². The molecule has 3 aromatic rings. The summed E-state index contributed by atoms with van der Waals surface area (Å²) in [5.74, 6) is 0.495. The average molecular weight is 351 g/mol. The third-order valence-electron chi connectivity index (χ3n) is 4.17. The zero-order valence-electron chi connectivity index (χ0n) is 13.5. The van der Waals surface area contributed by atoms with Gasteiger partial charge in [0.2, 0.25) is 0 Å². The number of hydrogen-bond acceptors (Lipinski definition) is 6. The van der Waals surface area contributed by atoms with Gasteiger partial charge < -0.3 is 10.1 Å². The Labute approximate surface area is 149 Å². The van der Waals surface area contributed by atoms with Crippen LogP contribution in [0.15, 0.2) is 54.0 Å². The van der Waals surface area contributed by atoms with Crippen LogP contribution in [0.5, 0.6) is 5.75 Å². The molecule has 1 aromatic carbocycles. The minimum Gasteiger partial charge on any atom is -0.426 e. The van der Waals surface area contributed by atoms with Gasteiger partial charge in [0.25, 0.3) is 0 Å². The molecule has 0 spiro atoms. The van der Waals surface area contributed by atoms with E-state index in [0.717, 1.165) is 41.5 Å². The lowest BCUT2D eigenvalue weighted by atomic mass is 9.86. The second kappa shape index (κ2) is 7.03. The second-order valence-corrected chi connectivity index (χ2v) is 6.81. The Kier molecular flexibility index (Phi) is 4.43. The largest absolute Gasteiger partial charge is 0.426 e. The molecule has 0 amide bonds. The first-order valence-electron chi connectivity index (χ1n) is 8.24. The number of aromatic nitrogens is 2. The summed E-state index contributed by atoms with van der Waals surface area (Å²) in [6, 6.07) is 13.1. The van der Waals surface area contributed by atoms with Crippen molar-refractivity contribution in [3.63, 3.8) is 0 Å². The van der Waals surface area contributed by atoms with Crippen LogP contribution in [0.1, 0.15) is 19.3 Å². The van der Waals surface area contributed by atoms with Crippen molar-refractivity contribution in [1.82, 2.24) is 9.97 Å². The molecule has 25 heavy (non-hydrogen) atoms. The average Bonchev–Trinajstić information content (AvgIpc) is 3.03. The molecule has 2 aromatic heterocycles. The second-order valence-electron chi connectivity index (χ2n) is 5.95. The highest BCUT2D eigenvalue weighted by Crippen LogP contribution is 2.30. The van der Waals surface area contributed by atoms with Crippen molar-refractivity contribution in [3.8, 4) is 17.1 Å². The number of pyridine rings is 1. The number of rotatable bonds is 5. The van der Waals surface area contributed by atoms with Crippen LogP contribution in [0, 0.1) is 5.92 Å². The molecule has 0 bridgehead atoms. The Hall–Kier alpha value is -2.73. The van der Waals surface area contributed by atoms with E-state index in [1.165, 1.54) is 11.3 Å². The fourth-order valence-electron chi connectivity index (χ4n) is 2.57. The number of esters is 1. The monoisotopic (exact) mass is 351 g/mol. The summed E-state index contributed by atoms with van der Waals surface area (Å²) in [4.78, 5) is 20.8. The van der Waals surface area contributed by atoms with Crippen LogP contribution >= 0.6 is 11.3 Å². The van der Waals surface area contributed by atoms with Crippen LogP contribution in [0.2, 0.25) is 0 Å². The maximum absolute atomic E-state index is 12.0.